The van der Waals surface area contributed by atoms with Crippen LogP contribution in [0.15, 0.2) is 65.1 Å². The fraction of sp³-hybridized carbons (Fsp3) is 0.208. The molecule has 0 unspecified atom stereocenters. The highest BCUT2D eigenvalue weighted by atomic mass is 79.9. The van der Waals surface area contributed by atoms with Crippen LogP contribution in [0.3, 0.4) is 0 Å². The zero-order valence-corrected chi connectivity index (χ0v) is 19.6. The first-order valence-electron chi connectivity index (χ1n) is 9.75. The molecule has 0 aromatic heterocycles. The maximum absolute atomic E-state index is 11.8. The van der Waals surface area contributed by atoms with Crippen molar-refractivity contribution in [3.63, 3.8) is 0 Å². The van der Waals surface area contributed by atoms with E-state index < -0.39 is 0 Å². The van der Waals surface area contributed by atoms with Crippen LogP contribution in [0.4, 0.5) is 5.69 Å². The smallest absolute Gasteiger partial charge is 0.338 e. The average molecular weight is 505 g/mol. The molecule has 7 heteroatoms. The summed E-state index contributed by atoms with van der Waals surface area (Å²) in [5.41, 5.74) is 3.32. The number of carbonyl (C=O) groups is 1. The van der Waals surface area contributed by atoms with Crippen LogP contribution in [0.5, 0.6) is 11.5 Å². The minimum Gasteiger partial charge on any atom is -0.493 e. The topological polar surface area (TPSA) is 56.8 Å². The second kappa shape index (κ2) is 11.1. The molecule has 1 N–H and O–H groups in total. The number of hydrogen-bond acceptors (Lipinski definition) is 5. The molecule has 0 aliphatic heterocycles. The Morgan fingerprint density at radius 2 is 1.84 bits per heavy atom. The van der Waals surface area contributed by atoms with E-state index in [4.69, 9.17) is 25.8 Å². The molecular formula is C24H23BrClNO4. The zero-order chi connectivity index (χ0) is 22.2. The lowest BCUT2D eigenvalue weighted by Crippen LogP contribution is -2.05. The highest BCUT2D eigenvalue weighted by molar-refractivity contribution is 9.10. The van der Waals surface area contributed by atoms with E-state index in [1.165, 1.54) is 0 Å². The molecule has 0 saturated heterocycles. The Bertz CT molecular complexity index is 1040. The van der Waals surface area contributed by atoms with Gasteiger partial charge in [0.15, 0.2) is 11.5 Å². The van der Waals surface area contributed by atoms with Crippen LogP contribution in [-0.4, -0.2) is 19.7 Å². The molecule has 0 spiro atoms. The van der Waals surface area contributed by atoms with Crippen molar-refractivity contribution in [3.05, 3.63) is 86.8 Å². The molecule has 0 aliphatic carbocycles. The van der Waals surface area contributed by atoms with E-state index >= 15 is 0 Å². The van der Waals surface area contributed by atoms with Crippen molar-refractivity contribution in [2.75, 3.05) is 19.0 Å². The molecule has 0 aliphatic rings. The molecule has 31 heavy (non-hydrogen) atoms. The molecule has 3 rings (SSSR count). The lowest BCUT2D eigenvalue weighted by atomic mass is 10.1. The molecule has 0 saturated carbocycles. The first-order chi connectivity index (χ1) is 15.0. The highest BCUT2D eigenvalue weighted by Gasteiger charge is 2.13. The molecular weight excluding hydrogens is 482 g/mol. The lowest BCUT2D eigenvalue weighted by Gasteiger charge is -2.15. The number of ether oxygens (including phenoxy) is 3. The third kappa shape index (κ3) is 6.15. The van der Waals surface area contributed by atoms with Crippen LogP contribution >= 0.6 is 27.5 Å². The van der Waals surface area contributed by atoms with Crippen molar-refractivity contribution in [3.8, 4) is 11.5 Å². The summed E-state index contributed by atoms with van der Waals surface area (Å²) in [6.07, 6.45) is 0. The van der Waals surface area contributed by atoms with Crippen LogP contribution in [0.2, 0.25) is 5.02 Å². The Hall–Kier alpha value is -2.70. The number of halogens is 2. The maximum atomic E-state index is 11.8. The van der Waals surface area contributed by atoms with Crippen molar-refractivity contribution in [2.45, 2.75) is 20.1 Å². The highest BCUT2D eigenvalue weighted by Crippen LogP contribution is 2.37. The summed E-state index contributed by atoms with van der Waals surface area (Å²) in [6, 6.07) is 18.6. The first-order valence-corrected chi connectivity index (χ1v) is 10.9. The minimum atomic E-state index is -0.324. The van der Waals surface area contributed by atoms with Gasteiger partial charge in [-0.1, -0.05) is 29.8 Å². The van der Waals surface area contributed by atoms with E-state index in [1.54, 1.807) is 26.2 Å². The van der Waals surface area contributed by atoms with Crippen molar-refractivity contribution >= 4 is 39.2 Å². The first kappa shape index (κ1) is 23.0. The van der Waals surface area contributed by atoms with Gasteiger partial charge in [-0.3, -0.25) is 0 Å². The van der Waals surface area contributed by atoms with Gasteiger partial charge in [0.05, 0.1) is 23.8 Å². The normalized spacial score (nSPS) is 10.5. The lowest BCUT2D eigenvalue weighted by molar-refractivity contribution is 0.0526. The van der Waals surface area contributed by atoms with Crippen LogP contribution in [-0.2, 0) is 17.9 Å². The molecule has 0 fully saturated rings. The fourth-order valence-electron chi connectivity index (χ4n) is 2.92. The quantitative estimate of drug-likeness (QED) is 0.338. The molecule has 0 heterocycles. The number of carbonyl (C=O) groups excluding carboxylic acids is 1. The van der Waals surface area contributed by atoms with Crippen molar-refractivity contribution in [2.24, 2.45) is 0 Å². The summed E-state index contributed by atoms with van der Waals surface area (Å²) in [5.74, 6) is 0.913. The Balaban J connectivity index is 1.67. The SMILES string of the molecule is CCOC(=O)c1ccc(NCc2cc(Br)c(OCc3ccccc3Cl)c(OC)c2)cc1. The van der Waals surface area contributed by atoms with E-state index in [9.17, 15) is 4.79 Å². The van der Waals surface area contributed by atoms with Crippen LogP contribution in [0, 0.1) is 0 Å². The van der Waals surface area contributed by atoms with Crippen molar-refractivity contribution in [1.82, 2.24) is 0 Å². The van der Waals surface area contributed by atoms with E-state index in [0.717, 1.165) is 21.3 Å². The number of anilines is 1. The summed E-state index contributed by atoms with van der Waals surface area (Å²) < 4.78 is 17.3. The van der Waals surface area contributed by atoms with Gasteiger partial charge in [0.1, 0.15) is 6.61 Å². The van der Waals surface area contributed by atoms with Gasteiger partial charge in [-0.15, -0.1) is 0 Å². The van der Waals surface area contributed by atoms with Gasteiger partial charge in [0, 0.05) is 22.8 Å². The Morgan fingerprint density at radius 1 is 1.10 bits per heavy atom. The molecule has 0 bridgehead atoms. The summed E-state index contributed by atoms with van der Waals surface area (Å²) in [4.78, 5) is 11.8. The third-order valence-electron chi connectivity index (χ3n) is 4.51. The summed E-state index contributed by atoms with van der Waals surface area (Å²) in [7, 11) is 1.61. The van der Waals surface area contributed by atoms with Crippen molar-refractivity contribution in [1.29, 1.82) is 0 Å². The standard InChI is InChI=1S/C24H23BrClNO4/c1-3-30-24(28)17-8-10-19(11-9-17)27-14-16-12-20(25)23(22(13-16)29-2)31-15-18-6-4-5-7-21(18)26/h4-13,27H,3,14-15H2,1-2H3. The second-order valence-corrected chi connectivity index (χ2v) is 7.90. The molecule has 0 atom stereocenters. The number of esters is 1. The van der Waals surface area contributed by atoms with Gasteiger partial charge in [0.25, 0.3) is 0 Å². The maximum Gasteiger partial charge on any atom is 0.338 e. The minimum absolute atomic E-state index is 0.324. The van der Waals surface area contributed by atoms with Gasteiger partial charge in [-0.05, 0) is 70.9 Å². The Morgan fingerprint density at radius 3 is 2.52 bits per heavy atom. The van der Waals surface area contributed by atoms with E-state index in [1.807, 2.05) is 48.5 Å². The molecule has 0 amide bonds. The van der Waals surface area contributed by atoms with Crippen LogP contribution in [0.25, 0.3) is 0 Å². The van der Waals surface area contributed by atoms with E-state index in [-0.39, 0.29) is 5.97 Å². The number of methoxy groups -OCH3 is 1. The number of benzene rings is 3. The van der Waals surface area contributed by atoms with Gasteiger partial charge < -0.3 is 19.5 Å². The van der Waals surface area contributed by atoms with E-state index in [2.05, 4.69) is 21.2 Å². The largest absolute Gasteiger partial charge is 0.493 e. The van der Waals surface area contributed by atoms with Crippen molar-refractivity contribution < 1.29 is 19.0 Å². The second-order valence-electron chi connectivity index (χ2n) is 6.64. The predicted octanol–water partition coefficient (Wildman–Crippen LogP) is 6.48. The monoisotopic (exact) mass is 503 g/mol. The summed E-state index contributed by atoms with van der Waals surface area (Å²) in [6.45, 7) is 3.04. The predicted molar refractivity (Wildman–Crippen MR) is 126 cm³/mol. The molecule has 5 nitrogen and oxygen atoms in total. The fourth-order valence-corrected chi connectivity index (χ4v) is 3.72. The van der Waals surface area contributed by atoms with Crippen LogP contribution < -0.4 is 14.8 Å². The van der Waals surface area contributed by atoms with Crippen LogP contribution in [0.1, 0.15) is 28.4 Å². The Labute approximate surface area is 195 Å². The number of nitrogens with one attached hydrogen (secondary N) is 1. The third-order valence-corrected chi connectivity index (χ3v) is 5.47. The van der Waals surface area contributed by atoms with Gasteiger partial charge in [-0.25, -0.2) is 4.79 Å². The van der Waals surface area contributed by atoms with E-state index in [0.29, 0.717) is 41.8 Å². The van der Waals surface area contributed by atoms with Gasteiger partial charge in [-0.2, -0.15) is 0 Å². The number of rotatable bonds is 9. The molecule has 3 aromatic rings. The molecule has 162 valence electrons. The number of hydrogen-bond donors (Lipinski definition) is 1. The Kier molecular flexibility index (Phi) is 8.20. The van der Waals surface area contributed by atoms with Gasteiger partial charge >= 0.3 is 5.97 Å². The average Bonchev–Trinajstić information content (AvgIpc) is 2.78. The molecule has 3 aromatic carbocycles. The summed E-state index contributed by atoms with van der Waals surface area (Å²) in [5, 5.41) is 4.00. The zero-order valence-electron chi connectivity index (χ0n) is 17.3. The van der Waals surface area contributed by atoms with Gasteiger partial charge in [0.2, 0.25) is 0 Å². The molecule has 0 radical (unpaired) electrons. The summed E-state index contributed by atoms with van der Waals surface area (Å²) >= 11 is 9.79.